The largest absolute Gasteiger partial charge is 0.0884 e. The van der Waals surface area contributed by atoms with Crippen LogP contribution in [0.3, 0.4) is 0 Å². The number of alkyl halides is 1. The summed E-state index contributed by atoms with van der Waals surface area (Å²) in [6.45, 7) is 6.82. The Hall–Kier alpha value is -0.0100. The minimum Gasteiger partial charge on any atom is -0.0884 e. The van der Waals surface area contributed by atoms with E-state index in [1.807, 2.05) is 12.1 Å². The van der Waals surface area contributed by atoms with E-state index in [1.54, 1.807) is 0 Å². The van der Waals surface area contributed by atoms with Crippen LogP contribution >= 0.6 is 27.5 Å². The van der Waals surface area contributed by atoms with E-state index in [0.717, 1.165) is 11.4 Å². The minimum atomic E-state index is 0.540. The average molecular weight is 290 g/mol. The van der Waals surface area contributed by atoms with Crippen LogP contribution in [0.5, 0.6) is 0 Å². The van der Waals surface area contributed by atoms with Crippen LogP contribution in [0.4, 0.5) is 0 Å². The molecular formula is C13H18BrCl. The third-order valence-corrected chi connectivity index (χ3v) is 4.38. The first kappa shape index (κ1) is 13.1. The van der Waals surface area contributed by atoms with Crippen molar-refractivity contribution in [2.75, 3.05) is 0 Å². The predicted molar refractivity (Wildman–Crippen MR) is 71.9 cm³/mol. The van der Waals surface area contributed by atoms with E-state index in [9.17, 15) is 0 Å². The summed E-state index contributed by atoms with van der Waals surface area (Å²) >= 11 is 9.62. The van der Waals surface area contributed by atoms with Gasteiger partial charge in [-0.1, -0.05) is 60.4 Å². The third-order valence-electron chi connectivity index (χ3n) is 2.97. The van der Waals surface area contributed by atoms with Crippen LogP contribution in [-0.2, 0) is 6.42 Å². The SMILES string of the molecule is CC(C)C(C)C(Br)Cc1ccc(Cl)cc1. The van der Waals surface area contributed by atoms with Crippen molar-refractivity contribution in [1.29, 1.82) is 0 Å². The second kappa shape index (κ2) is 5.91. The lowest BCUT2D eigenvalue weighted by Gasteiger charge is -2.21. The molecule has 2 heteroatoms. The van der Waals surface area contributed by atoms with Gasteiger partial charge in [0.05, 0.1) is 0 Å². The number of hydrogen-bond donors (Lipinski definition) is 0. The van der Waals surface area contributed by atoms with E-state index in [-0.39, 0.29) is 0 Å². The molecule has 1 aromatic carbocycles. The van der Waals surface area contributed by atoms with Crippen molar-refractivity contribution < 1.29 is 0 Å². The van der Waals surface area contributed by atoms with Crippen LogP contribution in [-0.4, -0.2) is 4.83 Å². The van der Waals surface area contributed by atoms with Crippen LogP contribution in [0, 0.1) is 11.8 Å². The second-order valence-electron chi connectivity index (χ2n) is 4.45. The van der Waals surface area contributed by atoms with E-state index in [1.165, 1.54) is 5.56 Å². The first-order valence-electron chi connectivity index (χ1n) is 5.39. The molecule has 0 bridgehead atoms. The fraction of sp³-hybridized carbons (Fsp3) is 0.538. The molecule has 0 fully saturated rings. The zero-order valence-corrected chi connectivity index (χ0v) is 11.8. The summed E-state index contributed by atoms with van der Waals surface area (Å²) in [4.78, 5) is 0.540. The van der Waals surface area contributed by atoms with Gasteiger partial charge in [-0.3, -0.25) is 0 Å². The van der Waals surface area contributed by atoms with Crippen molar-refractivity contribution in [3.63, 3.8) is 0 Å². The molecule has 0 saturated heterocycles. The van der Waals surface area contributed by atoms with E-state index in [4.69, 9.17) is 11.6 Å². The molecule has 1 rings (SSSR count). The maximum atomic E-state index is 5.85. The Bertz CT molecular complexity index is 292. The van der Waals surface area contributed by atoms with Crippen molar-refractivity contribution in [3.8, 4) is 0 Å². The first-order valence-corrected chi connectivity index (χ1v) is 6.68. The molecule has 0 aliphatic heterocycles. The van der Waals surface area contributed by atoms with E-state index < -0.39 is 0 Å². The van der Waals surface area contributed by atoms with Crippen LogP contribution in [0.25, 0.3) is 0 Å². The van der Waals surface area contributed by atoms with Gasteiger partial charge in [0.1, 0.15) is 0 Å². The maximum absolute atomic E-state index is 5.85. The quantitative estimate of drug-likeness (QED) is 0.689. The summed E-state index contributed by atoms with van der Waals surface area (Å²) in [5, 5.41) is 0.807. The van der Waals surface area contributed by atoms with Crippen LogP contribution in [0.15, 0.2) is 24.3 Å². The highest BCUT2D eigenvalue weighted by molar-refractivity contribution is 9.09. The predicted octanol–water partition coefficient (Wildman–Crippen LogP) is 4.94. The monoisotopic (exact) mass is 288 g/mol. The molecule has 84 valence electrons. The Morgan fingerprint density at radius 1 is 1.13 bits per heavy atom. The van der Waals surface area contributed by atoms with Gasteiger partial charge in [-0.2, -0.15) is 0 Å². The molecule has 2 atom stereocenters. The highest BCUT2D eigenvalue weighted by Gasteiger charge is 2.17. The van der Waals surface area contributed by atoms with Gasteiger partial charge < -0.3 is 0 Å². The van der Waals surface area contributed by atoms with E-state index >= 15 is 0 Å². The minimum absolute atomic E-state index is 0.540. The van der Waals surface area contributed by atoms with Crippen LogP contribution < -0.4 is 0 Å². The fourth-order valence-electron chi connectivity index (χ4n) is 1.45. The number of halogens is 2. The molecule has 0 N–H and O–H groups in total. The van der Waals surface area contributed by atoms with Crippen molar-refractivity contribution in [3.05, 3.63) is 34.9 Å². The fourth-order valence-corrected chi connectivity index (χ4v) is 2.56. The third kappa shape index (κ3) is 4.16. The van der Waals surface area contributed by atoms with Crippen LogP contribution in [0.1, 0.15) is 26.3 Å². The molecule has 0 aliphatic carbocycles. The lowest BCUT2D eigenvalue weighted by atomic mass is 9.91. The van der Waals surface area contributed by atoms with Gasteiger partial charge >= 0.3 is 0 Å². The zero-order valence-electron chi connectivity index (χ0n) is 9.50. The molecule has 0 heterocycles. The van der Waals surface area contributed by atoms with Gasteiger partial charge in [0.2, 0.25) is 0 Å². The highest BCUT2D eigenvalue weighted by Crippen LogP contribution is 2.24. The summed E-state index contributed by atoms with van der Waals surface area (Å²) < 4.78 is 0. The van der Waals surface area contributed by atoms with Gasteiger partial charge in [-0.05, 0) is 36.0 Å². The summed E-state index contributed by atoms with van der Waals surface area (Å²) in [5.74, 6) is 1.39. The molecule has 15 heavy (non-hydrogen) atoms. The summed E-state index contributed by atoms with van der Waals surface area (Å²) in [7, 11) is 0. The number of hydrogen-bond acceptors (Lipinski definition) is 0. The number of rotatable bonds is 4. The van der Waals surface area contributed by atoms with Gasteiger partial charge in [-0.15, -0.1) is 0 Å². The molecule has 0 radical (unpaired) electrons. The second-order valence-corrected chi connectivity index (χ2v) is 6.06. The normalized spacial score (nSPS) is 15.3. The molecule has 0 saturated carbocycles. The molecule has 0 nitrogen and oxygen atoms in total. The Morgan fingerprint density at radius 3 is 2.13 bits per heavy atom. The Balaban J connectivity index is 2.58. The average Bonchev–Trinajstić information content (AvgIpc) is 2.20. The van der Waals surface area contributed by atoms with Crippen molar-refractivity contribution in [2.45, 2.75) is 32.0 Å². The van der Waals surface area contributed by atoms with Crippen molar-refractivity contribution >= 4 is 27.5 Å². The first-order chi connectivity index (χ1) is 7.00. The Morgan fingerprint density at radius 2 is 1.67 bits per heavy atom. The Labute approximate surface area is 106 Å². The van der Waals surface area contributed by atoms with E-state index in [2.05, 4.69) is 48.8 Å². The van der Waals surface area contributed by atoms with Crippen molar-refractivity contribution in [2.24, 2.45) is 11.8 Å². The molecule has 1 aromatic rings. The maximum Gasteiger partial charge on any atom is 0.0406 e. The molecule has 2 unspecified atom stereocenters. The van der Waals surface area contributed by atoms with Gasteiger partial charge in [0, 0.05) is 9.85 Å². The molecule has 0 aromatic heterocycles. The lowest BCUT2D eigenvalue weighted by molar-refractivity contribution is 0.407. The standard InChI is InChI=1S/C13H18BrCl/c1-9(2)10(3)13(14)8-11-4-6-12(15)7-5-11/h4-7,9-10,13H,8H2,1-3H3. The van der Waals surface area contributed by atoms with E-state index in [0.29, 0.717) is 16.7 Å². The Kier molecular flexibility index (Phi) is 5.14. The summed E-state index contributed by atoms with van der Waals surface area (Å²) in [6, 6.07) is 8.11. The summed E-state index contributed by atoms with van der Waals surface area (Å²) in [5.41, 5.74) is 1.34. The number of benzene rings is 1. The lowest BCUT2D eigenvalue weighted by Crippen LogP contribution is -2.19. The molecule has 0 spiro atoms. The highest BCUT2D eigenvalue weighted by atomic mass is 79.9. The van der Waals surface area contributed by atoms with Crippen LogP contribution in [0.2, 0.25) is 5.02 Å². The molecule has 0 aliphatic rings. The van der Waals surface area contributed by atoms with Crippen molar-refractivity contribution in [1.82, 2.24) is 0 Å². The molecule has 0 amide bonds. The summed E-state index contributed by atoms with van der Waals surface area (Å²) in [6.07, 6.45) is 1.07. The zero-order chi connectivity index (χ0) is 11.4. The van der Waals surface area contributed by atoms with Gasteiger partial charge in [-0.25, -0.2) is 0 Å². The van der Waals surface area contributed by atoms with Gasteiger partial charge in [0.25, 0.3) is 0 Å². The molecular weight excluding hydrogens is 272 g/mol. The topological polar surface area (TPSA) is 0 Å². The van der Waals surface area contributed by atoms with Gasteiger partial charge in [0.15, 0.2) is 0 Å². The smallest absolute Gasteiger partial charge is 0.0406 e.